The number of anilines is 3. The highest BCUT2D eigenvalue weighted by molar-refractivity contribution is 6.00. The zero-order valence-corrected chi connectivity index (χ0v) is 18.1. The molecule has 1 atom stereocenters. The predicted octanol–water partition coefficient (Wildman–Crippen LogP) is 2.70. The fourth-order valence-electron chi connectivity index (χ4n) is 3.28. The second kappa shape index (κ2) is 8.86. The Bertz CT molecular complexity index is 1010. The number of aromatic nitrogens is 2. The summed E-state index contributed by atoms with van der Waals surface area (Å²) in [4.78, 5) is 23.5. The Kier molecular flexibility index (Phi) is 6.41. The van der Waals surface area contributed by atoms with Crippen LogP contribution in [0.15, 0.2) is 24.5 Å². The van der Waals surface area contributed by atoms with Gasteiger partial charge in [-0.3, -0.25) is 4.79 Å². The number of alkyl halides is 1. The standard InChI is InChI=1S/C22H27FN6O2/c1-13(2)28-17-8-19(29-6-5-15-7-14(9-24)10-26-20(15)29)25-11-16(17)21(30)27-12-18(23)22(3,4)31/h7-8,10-11,13,18,31H,5-6,12H2,1-4H3,(H,25,28)(H,27,30). The Morgan fingerprint density at radius 1 is 1.35 bits per heavy atom. The van der Waals surface area contributed by atoms with Crippen molar-refractivity contribution in [2.45, 2.75) is 51.9 Å². The van der Waals surface area contributed by atoms with Crippen molar-refractivity contribution in [2.24, 2.45) is 0 Å². The van der Waals surface area contributed by atoms with Gasteiger partial charge in [0.25, 0.3) is 5.91 Å². The molecule has 0 radical (unpaired) electrons. The van der Waals surface area contributed by atoms with Crippen molar-refractivity contribution in [3.63, 3.8) is 0 Å². The number of amides is 1. The fraction of sp³-hybridized carbons (Fsp3) is 0.455. The van der Waals surface area contributed by atoms with Gasteiger partial charge in [0.05, 0.1) is 29.0 Å². The van der Waals surface area contributed by atoms with Gasteiger partial charge in [0.2, 0.25) is 0 Å². The molecular formula is C22H27FN6O2. The molecule has 31 heavy (non-hydrogen) atoms. The van der Waals surface area contributed by atoms with Crippen LogP contribution in [-0.4, -0.2) is 51.9 Å². The molecule has 3 N–H and O–H groups in total. The number of hydrogen-bond acceptors (Lipinski definition) is 7. The number of carbonyl (C=O) groups is 1. The van der Waals surface area contributed by atoms with Gasteiger partial charge in [-0.05, 0) is 45.7 Å². The minimum absolute atomic E-state index is 0.0503. The second-order valence-electron chi connectivity index (χ2n) is 8.44. The van der Waals surface area contributed by atoms with Gasteiger partial charge in [0, 0.05) is 31.0 Å². The summed E-state index contributed by atoms with van der Waals surface area (Å²) in [6, 6.07) is 5.75. The summed E-state index contributed by atoms with van der Waals surface area (Å²) in [6.07, 6.45) is 2.12. The molecule has 2 aromatic rings. The number of hydrogen-bond donors (Lipinski definition) is 3. The van der Waals surface area contributed by atoms with Crippen LogP contribution >= 0.6 is 0 Å². The van der Waals surface area contributed by atoms with Crippen LogP contribution in [0.1, 0.15) is 49.2 Å². The van der Waals surface area contributed by atoms with E-state index < -0.39 is 17.7 Å². The van der Waals surface area contributed by atoms with Gasteiger partial charge in [0.1, 0.15) is 23.9 Å². The highest BCUT2D eigenvalue weighted by Gasteiger charge is 2.28. The molecule has 1 aliphatic rings. The van der Waals surface area contributed by atoms with Gasteiger partial charge in [0.15, 0.2) is 0 Å². The van der Waals surface area contributed by atoms with E-state index >= 15 is 0 Å². The maximum Gasteiger partial charge on any atom is 0.255 e. The highest BCUT2D eigenvalue weighted by atomic mass is 19.1. The molecule has 1 amide bonds. The van der Waals surface area contributed by atoms with Crippen LogP contribution in [0.3, 0.4) is 0 Å². The van der Waals surface area contributed by atoms with E-state index in [1.807, 2.05) is 24.8 Å². The number of pyridine rings is 2. The number of nitrogens with one attached hydrogen (secondary N) is 2. The summed E-state index contributed by atoms with van der Waals surface area (Å²) in [5, 5.41) is 24.6. The molecular weight excluding hydrogens is 399 g/mol. The smallest absolute Gasteiger partial charge is 0.255 e. The molecule has 0 bridgehead atoms. The molecule has 0 spiro atoms. The molecule has 2 aromatic heterocycles. The van der Waals surface area contributed by atoms with Crippen LogP contribution in [0.2, 0.25) is 0 Å². The van der Waals surface area contributed by atoms with Gasteiger partial charge in [-0.2, -0.15) is 5.26 Å². The summed E-state index contributed by atoms with van der Waals surface area (Å²) in [5.41, 5.74) is 0.795. The minimum Gasteiger partial charge on any atom is -0.387 e. The maximum atomic E-state index is 14.0. The zero-order chi connectivity index (χ0) is 22.8. The van der Waals surface area contributed by atoms with E-state index in [1.54, 1.807) is 6.07 Å². The lowest BCUT2D eigenvalue weighted by Crippen LogP contribution is -2.42. The van der Waals surface area contributed by atoms with Crippen molar-refractivity contribution < 1.29 is 14.3 Å². The molecule has 3 heterocycles. The van der Waals surface area contributed by atoms with Gasteiger partial charge >= 0.3 is 0 Å². The molecule has 8 nitrogen and oxygen atoms in total. The number of fused-ring (bicyclic) bond motifs is 1. The molecule has 0 fully saturated rings. The van der Waals surface area contributed by atoms with E-state index in [0.29, 0.717) is 23.6 Å². The Morgan fingerprint density at radius 3 is 2.74 bits per heavy atom. The number of carbonyl (C=O) groups excluding carboxylic acids is 1. The van der Waals surface area contributed by atoms with Crippen LogP contribution in [-0.2, 0) is 6.42 Å². The average molecular weight is 426 g/mol. The van der Waals surface area contributed by atoms with Crippen LogP contribution < -0.4 is 15.5 Å². The molecule has 0 aliphatic carbocycles. The molecule has 9 heteroatoms. The number of halogens is 1. The molecule has 164 valence electrons. The van der Waals surface area contributed by atoms with Crippen LogP contribution in [0.4, 0.5) is 21.7 Å². The van der Waals surface area contributed by atoms with E-state index in [4.69, 9.17) is 5.26 Å². The van der Waals surface area contributed by atoms with Crippen molar-refractivity contribution in [3.05, 3.63) is 41.2 Å². The third-order valence-corrected chi connectivity index (χ3v) is 5.00. The average Bonchev–Trinajstić information content (AvgIpc) is 3.13. The summed E-state index contributed by atoms with van der Waals surface area (Å²) < 4.78 is 14.0. The van der Waals surface area contributed by atoms with Crippen LogP contribution in [0.25, 0.3) is 0 Å². The predicted molar refractivity (Wildman–Crippen MR) is 116 cm³/mol. The fourth-order valence-corrected chi connectivity index (χ4v) is 3.28. The molecule has 0 saturated carbocycles. The first kappa shape index (κ1) is 22.4. The SMILES string of the molecule is CC(C)Nc1cc(N2CCc3cc(C#N)cnc32)ncc1C(=O)NCC(F)C(C)(C)O. The van der Waals surface area contributed by atoms with Gasteiger partial charge in [-0.1, -0.05) is 0 Å². The third-order valence-electron chi connectivity index (χ3n) is 5.00. The zero-order valence-electron chi connectivity index (χ0n) is 18.1. The first-order chi connectivity index (χ1) is 14.6. The quantitative estimate of drug-likeness (QED) is 0.624. The van der Waals surface area contributed by atoms with E-state index in [9.17, 15) is 14.3 Å². The first-order valence-electron chi connectivity index (χ1n) is 10.2. The van der Waals surface area contributed by atoms with E-state index in [-0.39, 0.29) is 18.2 Å². The molecule has 1 aliphatic heterocycles. The van der Waals surface area contributed by atoms with Gasteiger partial charge < -0.3 is 20.6 Å². The summed E-state index contributed by atoms with van der Waals surface area (Å²) in [6.45, 7) is 6.95. The van der Waals surface area contributed by atoms with Gasteiger partial charge in [-0.25, -0.2) is 14.4 Å². The number of nitrogens with zero attached hydrogens (tertiary/aromatic N) is 4. The summed E-state index contributed by atoms with van der Waals surface area (Å²) >= 11 is 0. The Hall–Kier alpha value is -3.25. The Labute approximate surface area is 181 Å². The van der Waals surface area contributed by atoms with Crippen molar-refractivity contribution in [1.82, 2.24) is 15.3 Å². The molecule has 0 aromatic carbocycles. The van der Waals surface area contributed by atoms with Crippen LogP contribution in [0.5, 0.6) is 0 Å². The van der Waals surface area contributed by atoms with Gasteiger partial charge in [-0.15, -0.1) is 0 Å². The van der Waals surface area contributed by atoms with Crippen LogP contribution in [0, 0.1) is 11.3 Å². The molecule has 3 rings (SSSR count). The van der Waals surface area contributed by atoms with E-state index in [1.165, 1.54) is 26.2 Å². The maximum absolute atomic E-state index is 14.0. The lowest BCUT2D eigenvalue weighted by atomic mass is 10.0. The normalized spacial score (nSPS) is 14.2. The Morgan fingerprint density at radius 2 is 2.10 bits per heavy atom. The van der Waals surface area contributed by atoms with Crippen molar-refractivity contribution in [1.29, 1.82) is 5.26 Å². The molecule has 0 saturated heterocycles. The number of rotatable bonds is 7. The highest BCUT2D eigenvalue weighted by Crippen LogP contribution is 2.33. The summed E-state index contributed by atoms with van der Waals surface area (Å²) in [5.74, 6) is 0.882. The first-order valence-corrected chi connectivity index (χ1v) is 10.2. The minimum atomic E-state index is -1.60. The lowest BCUT2D eigenvalue weighted by molar-refractivity contribution is -0.00177. The third kappa shape index (κ3) is 5.09. The molecule has 1 unspecified atom stereocenters. The number of nitriles is 1. The Balaban J connectivity index is 1.86. The van der Waals surface area contributed by atoms with Crippen molar-refractivity contribution >= 4 is 23.2 Å². The number of aliphatic hydroxyl groups is 1. The largest absolute Gasteiger partial charge is 0.387 e. The topological polar surface area (TPSA) is 114 Å². The lowest BCUT2D eigenvalue weighted by Gasteiger charge is -2.23. The van der Waals surface area contributed by atoms with E-state index in [2.05, 4.69) is 26.7 Å². The second-order valence-corrected chi connectivity index (χ2v) is 8.44. The van der Waals surface area contributed by atoms with Crippen molar-refractivity contribution in [2.75, 3.05) is 23.3 Å². The monoisotopic (exact) mass is 426 g/mol. The van der Waals surface area contributed by atoms with E-state index in [0.717, 1.165) is 17.8 Å². The summed E-state index contributed by atoms with van der Waals surface area (Å²) in [7, 11) is 0. The van der Waals surface area contributed by atoms with Crippen molar-refractivity contribution in [3.8, 4) is 6.07 Å².